The van der Waals surface area contributed by atoms with Gasteiger partial charge >= 0.3 is 5.97 Å². The van der Waals surface area contributed by atoms with E-state index >= 15 is 0 Å². The Labute approximate surface area is 132 Å². The molecule has 0 radical (unpaired) electrons. The lowest BCUT2D eigenvalue weighted by molar-refractivity contribution is -0.140. The highest BCUT2D eigenvalue weighted by Gasteiger charge is 2.29. The first-order chi connectivity index (χ1) is 10.6. The van der Waals surface area contributed by atoms with E-state index in [0.717, 1.165) is 22.2 Å². The summed E-state index contributed by atoms with van der Waals surface area (Å²) in [5.74, 6) is 0.732. The molecule has 22 heavy (non-hydrogen) atoms. The van der Waals surface area contributed by atoms with Gasteiger partial charge in [-0.3, -0.25) is 9.59 Å². The van der Waals surface area contributed by atoms with Crippen molar-refractivity contribution in [3.8, 4) is 0 Å². The highest BCUT2D eigenvalue weighted by atomic mass is 32.2. The van der Waals surface area contributed by atoms with Crippen molar-refractivity contribution in [3.63, 3.8) is 0 Å². The molecule has 1 aliphatic heterocycles. The summed E-state index contributed by atoms with van der Waals surface area (Å²) in [7, 11) is 0. The number of rotatable bonds is 4. The molecule has 116 valence electrons. The summed E-state index contributed by atoms with van der Waals surface area (Å²) in [5, 5.41) is 10.1. The van der Waals surface area contributed by atoms with Gasteiger partial charge in [-0.15, -0.1) is 0 Å². The fourth-order valence-corrected chi connectivity index (χ4v) is 3.96. The molecule has 1 fully saturated rings. The van der Waals surface area contributed by atoms with Crippen molar-refractivity contribution < 1.29 is 14.7 Å². The number of carboxylic acid groups (broad SMARTS) is 1. The molecule has 1 unspecified atom stereocenters. The van der Waals surface area contributed by atoms with Gasteiger partial charge in [0, 0.05) is 35.2 Å². The summed E-state index contributed by atoms with van der Waals surface area (Å²) in [4.78, 5) is 28.5. The Morgan fingerprint density at radius 1 is 1.36 bits per heavy atom. The maximum absolute atomic E-state index is 12.6. The maximum atomic E-state index is 12.6. The summed E-state index contributed by atoms with van der Waals surface area (Å²) in [6, 6.07) is 7.68. The number of hydrogen-bond acceptors (Lipinski definition) is 3. The molecule has 3 rings (SSSR count). The zero-order valence-electron chi connectivity index (χ0n) is 12.1. The van der Waals surface area contributed by atoms with Gasteiger partial charge in [0.05, 0.1) is 18.9 Å². The van der Waals surface area contributed by atoms with Crippen molar-refractivity contribution in [3.05, 3.63) is 36.0 Å². The molecule has 1 aliphatic rings. The van der Waals surface area contributed by atoms with Gasteiger partial charge in [-0.05, 0) is 11.6 Å². The molecule has 2 aromatic rings. The fraction of sp³-hybridized carbons (Fsp3) is 0.375. The summed E-state index contributed by atoms with van der Waals surface area (Å²) in [6.45, 7) is 0.629. The second-order valence-corrected chi connectivity index (χ2v) is 6.60. The Bertz CT molecular complexity index is 698. The van der Waals surface area contributed by atoms with Crippen molar-refractivity contribution in [2.24, 2.45) is 0 Å². The SMILES string of the molecule is O=C(O)CC1CSCCN1C(=O)Cc1c[nH]c2ccccc12. The molecule has 1 atom stereocenters. The number of nitrogens with one attached hydrogen (secondary N) is 1. The number of aromatic amines is 1. The van der Waals surface area contributed by atoms with Crippen LogP contribution in [0.3, 0.4) is 0 Å². The van der Waals surface area contributed by atoms with Crippen LogP contribution < -0.4 is 0 Å². The van der Waals surface area contributed by atoms with Gasteiger partial charge in [-0.2, -0.15) is 11.8 Å². The highest BCUT2D eigenvalue weighted by Crippen LogP contribution is 2.23. The summed E-state index contributed by atoms with van der Waals surface area (Å²) < 4.78 is 0. The second-order valence-electron chi connectivity index (χ2n) is 5.45. The van der Waals surface area contributed by atoms with E-state index in [-0.39, 0.29) is 18.4 Å². The number of benzene rings is 1. The van der Waals surface area contributed by atoms with Crippen molar-refractivity contribution in [2.75, 3.05) is 18.1 Å². The summed E-state index contributed by atoms with van der Waals surface area (Å²) in [5.41, 5.74) is 1.98. The normalized spacial score (nSPS) is 18.5. The van der Waals surface area contributed by atoms with Gasteiger partial charge in [0.25, 0.3) is 0 Å². The van der Waals surface area contributed by atoms with Crippen LogP contribution in [-0.2, 0) is 16.0 Å². The van der Waals surface area contributed by atoms with Crippen LogP contribution in [-0.4, -0.2) is 51.0 Å². The van der Waals surface area contributed by atoms with Gasteiger partial charge in [0.1, 0.15) is 0 Å². The van der Waals surface area contributed by atoms with Gasteiger partial charge < -0.3 is 15.0 Å². The van der Waals surface area contributed by atoms with E-state index in [1.54, 1.807) is 16.7 Å². The van der Waals surface area contributed by atoms with Crippen LogP contribution >= 0.6 is 11.8 Å². The molecule has 1 amide bonds. The third kappa shape index (κ3) is 3.11. The Morgan fingerprint density at radius 2 is 2.18 bits per heavy atom. The van der Waals surface area contributed by atoms with E-state index in [1.165, 1.54) is 0 Å². The Balaban J connectivity index is 1.76. The molecule has 2 N–H and O–H groups in total. The van der Waals surface area contributed by atoms with E-state index in [0.29, 0.717) is 18.7 Å². The number of H-pyrrole nitrogens is 1. The molecule has 5 nitrogen and oxygen atoms in total. The van der Waals surface area contributed by atoms with Crippen LogP contribution in [0.5, 0.6) is 0 Å². The molecule has 1 aromatic heterocycles. The number of carbonyl (C=O) groups is 2. The summed E-state index contributed by atoms with van der Waals surface area (Å²) in [6.07, 6.45) is 2.20. The van der Waals surface area contributed by atoms with E-state index < -0.39 is 5.97 Å². The number of nitrogens with zero attached hydrogens (tertiary/aromatic N) is 1. The fourth-order valence-electron chi connectivity index (χ4n) is 2.90. The quantitative estimate of drug-likeness (QED) is 0.906. The molecular weight excluding hydrogens is 300 g/mol. The average Bonchev–Trinajstić information content (AvgIpc) is 2.90. The number of carboxylic acids is 1. The number of aliphatic carboxylic acids is 1. The Hall–Kier alpha value is -1.95. The number of para-hydroxylation sites is 1. The van der Waals surface area contributed by atoms with E-state index in [9.17, 15) is 9.59 Å². The third-order valence-electron chi connectivity index (χ3n) is 3.97. The Kier molecular flexibility index (Phi) is 4.38. The molecule has 2 heterocycles. The van der Waals surface area contributed by atoms with Crippen molar-refractivity contribution in [1.29, 1.82) is 0 Å². The smallest absolute Gasteiger partial charge is 0.305 e. The minimum absolute atomic E-state index is 0.0105. The maximum Gasteiger partial charge on any atom is 0.305 e. The molecular formula is C16H18N2O3S. The first-order valence-electron chi connectivity index (χ1n) is 7.29. The average molecular weight is 318 g/mol. The van der Waals surface area contributed by atoms with E-state index in [2.05, 4.69) is 4.98 Å². The minimum Gasteiger partial charge on any atom is -0.481 e. The first-order valence-corrected chi connectivity index (χ1v) is 8.44. The van der Waals surface area contributed by atoms with Gasteiger partial charge in [0.15, 0.2) is 0 Å². The second kappa shape index (κ2) is 6.44. The van der Waals surface area contributed by atoms with Crippen LogP contribution in [0.1, 0.15) is 12.0 Å². The van der Waals surface area contributed by atoms with Crippen LogP contribution in [0.2, 0.25) is 0 Å². The van der Waals surface area contributed by atoms with Gasteiger partial charge in [-0.25, -0.2) is 0 Å². The number of thioether (sulfide) groups is 1. The van der Waals surface area contributed by atoms with Crippen LogP contribution in [0, 0.1) is 0 Å². The summed E-state index contributed by atoms with van der Waals surface area (Å²) >= 11 is 1.71. The van der Waals surface area contributed by atoms with Gasteiger partial charge in [0.2, 0.25) is 5.91 Å². The van der Waals surface area contributed by atoms with E-state index in [4.69, 9.17) is 5.11 Å². The Morgan fingerprint density at radius 3 is 3.00 bits per heavy atom. The third-order valence-corrected chi connectivity index (χ3v) is 5.07. The number of amides is 1. The predicted molar refractivity (Wildman–Crippen MR) is 87.1 cm³/mol. The number of hydrogen-bond donors (Lipinski definition) is 2. The van der Waals surface area contributed by atoms with Crippen molar-refractivity contribution >= 4 is 34.5 Å². The molecule has 1 saturated heterocycles. The number of fused-ring (bicyclic) bond motifs is 1. The topological polar surface area (TPSA) is 73.4 Å². The standard InChI is InChI=1S/C16H18N2O3S/c19-15(18-5-6-22-10-12(18)8-16(20)21)7-11-9-17-14-4-2-1-3-13(11)14/h1-4,9,12,17H,5-8,10H2,(H,20,21). The van der Waals surface area contributed by atoms with Crippen LogP contribution in [0.15, 0.2) is 30.5 Å². The predicted octanol–water partition coefficient (Wildman–Crippen LogP) is 2.13. The largest absolute Gasteiger partial charge is 0.481 e. The highest BCUT2D eigenvalue weighted by molar-refractivity contribution is 7.99. The molecule has 0 aliphatic carbocycles. The van der Waals surface area contributed by atoms with Crippen molar-refractivity contribution in [2.45, 2.75) is 18.9 Å². The van der Waals surface area contributed by atoms with E-state index in [1.807, 2.05) is 30.5 Å². The minimum atomic E-state index is -0.850. The van der Waals surface area contributed by atoms with Gasteiger partial charge in [-0.1, -0.05) is 18.2 Å². The van der Waals surface area contributed by atoms with Crippen molar-refractivity contribution in [1.82, 2.24) is 9.88 Å². The molecule has 1 aromatic carbocycles. The lowest BCUT2D eigenvalue weighted by Gasteiger charge is -2.34. The lowest BCUT2D eigenvalue weighted by Crippen LogP contribution is -2.47. The lowest BCUT2D eigenvalue weighted by atomic mass is 10.1. The first kappa shape index (κ1) is 15.0. The van der Waals surface area contributed by atoms with Crippen LogP contribution in [0.4, 0.5) is 0 Å². The number of aromatic nitrogens is 1. The molecule has 6 heteroatoms. The monoisotopic (exact) mass is 318 g/mol. The zero-order chi connectivity index (χ0) is 15.5. The molecule has 0 saturated carbocycles. The molecule has 0 bridgehead atoms. The molecule has 0 spiro atoms. The van der Waals surface area contributed by atoms with Crippen LogP contribution in [0.25, 0.3) is 10.9 Å². The number of carbonyl (C=O) groups excluding carboxylic acids is 1. The zero-order valence-corrected chi connectivity index (χ0v) is 12.9.